The lowest BCUT2D eigenvalue weighted by atomic mass is 9.62. The number of pyridine rings is 1. The summed E-state index contributed by atoms with van der Waals surface area (Å²) in [6.07, 6.45) is 11.2. The predicted molar refractivity (Wildman–Crippen MR) is 134 cm³/mol. The summed E-state index contributed by atoms with van der Waals surface area (Å²) >= 11 is 0. The van der Waals surface area contributed by atoms with Crippen molar-refractivity contribution in [2.24, 2.45) is 22.9 Å². The molecule has 2 amide bonds. The van der Waals surface area contributed by atoms with Gasteiger partial charge in [-0.25, -0.2) is 0 Å². The van der Waals surface area contributed by atoms with Crippen molar-refractivity contribution in [2.75, 3.05) is 5.32 Å². The van der Waals surface area contributed by atoms with Gasteiger partial charge < -0.3 is 20.8 Å². The third-order valence-electron chi connectivity index (χ3n) is 7.45. The minimum absolute atomic E-state index is 0.0293. The zero-order chi connectivity index (χ0) is 25.7. The summed E-state index contributed by atoms with van der Waals surface area (Å²) in [6.45, 7) is 1.93. The Labute approximate surface area is 208 Å². The number of hydrogen-bond donors (Lipinski definition) is 5. The van der Waals surface area contributed by atoms with Crippen LogP contribution in [0.4, 0.5) is 5.69 Å². The van der Waals surface area contributed by atoms with E-state index >= 15 is 0 Å². The molecule has 5 N–H and O–H groups in total. The lowest BCUT2D eigenvalue weighted by molar-refractivity contribution is -0.126. The van der Waals surface area contributed by atoms with Gasteiger partial charge in [0.25, 0.3) is 11.5 Å². The number of oxime groups is 1. The lowest BCUT2D eigenvalue weighted by Crippen LogP contribution is -2.56. The van der Waals surface area contributed by atoms with Crippen molar-refractivity contribution in [3.8, 4) is 0 Å². The van der Waals surface area contributed by atoms with E-state index in [4.69, 9.17) is 10.6 Å². The Morgan fingerprint density at radius 3 is 2.53 bits per heavy atom. The Morgan fingerprint density at radius 2 is 1.97 bits per heavy atom. The third-order valence-corrected chi connectivity index (χ3v) is 7.45. The fraction of sp³-hybridized carbons (Fsp3) is 0.520. The Balaban J connectivity index is 1.52. The predicted octanol–water partition coefficient (Wildman–Crippen LogP) is 2.52. The number of anilines is 1. The number of carbonyl (C=O) groups excluding carboxylic acids is 2. The van der Waals surface area contributed by atoms with Crippen molar-refractivity contribution >= 4 is 28.9 Å². The fourth-order valence-electron chi connectivity index (χ4n) is 5.05. The zero-order valence-corrected chi connectivity index (χ0v) is 20.4. The van der Waals surface area contributed by atoms with E-state index in [9.17, 15) is 14.4 Å². The second kappa shape index (κ2) is 11.3. The van der Waals surface area contributed by atoms with Gasteiger partial charge in [0, 0.05) is 18.0 Å². The van der Waals surface area contributed by atoms with E-state index in [2.05, 4.69) is 25.9 Å². The van der Waals surface area contributed by atoms with Crippen molar-refractivity contribution in [1.82, 2.24) is 20.1 Å². The van der Waals surface area contributed by atoms with E-state index in [1.807, 2.05) is 0 Å². The van der Waals surface area contributed by atoms with Crippen LogP contribution in [0.15, 0.2) is 40.7 Å². The van der Waals surface area contributed by atoms with Crippen LogP contribution in [0.25, 0.3) is 0 Å². The van der Waals surface area contributed by atoms with Gasteiger partial charge >= 0.3 is 0 Å². The molecule has 0 aromatic carbocycles. The molecule has 11 heteroatoms. The number of aromatic nitrogens is 3. The lowest BCUT2D eigenvalue weighted by Gasteiger charge is -2.45. The molecular weight excluding hydrogens is 462 g/mol. The van der Waals surface area contributed by atoms with Gasteiger partial charge in [-0.3, -0.25) is 24.5 Å². The van der Waals surface area contributed by atoms with Crippen molar-refractivity contribution in [2.45, 2.75) is 64.5 Å². The smallest absolute Gasteiger partial charge is 0.271 e. The molecule has 2 fully saturated rings. The molecule has 0 unspecified atom stereocenters. The summed E-state index contributed by atoms with van der Waals surface area (Å²) in [5, 5.41) is 30.3. The van der Waals surface area contributed by atoms with Gasteiger partial charge in [0.1, 0.15) is 17.5 Å². The van der Waals surface area contributed by atoms with Crippen LogP contribution < -0.4 is 16.2 Å². The highest BCUT2D eigenvalue weighted by molar-refractivity contribution is 6.65. The van der Waals surface area contributed by atoms with Gasteiger partial charge in [0.05, 0.1) is 18.4 Å². The monoisotopic (exact) mass is 495 g/mol. The second-order valence-electron chi connectivity index (χ2n) is 9.63. The molecule has 36 heavy (non-hydrogen) atoms. The van der Waals surface area contributed by atoms with Crippen LogP contribution >= 0.6 is 0 Å². The normalized spacial score (nSPS) is 17.2. The van der Waals surface area contributed by atoms with E-state index in [-0.39, 0.29) is 36.1 Å². The highest BCUT2D eigenvalue weighted by atomic mass is 16.4. The largest absolute Gasteiger partial charge is 0.411 e. The first kappa shape index (κ1) is 25.3. The molecule has 2 saturated carbocycles. The van der Waals surface area contributed by atoms with Crippen LogP contribution in [0.3, 0.4) is 0 Å². The number of nitrogens with zero attached hydrogens (tertiary/aromatic N) is 3. The number of nitrogens with one attached hydrogen (secondary N) is 4. The van der Waals surface area contributed by atoms with Gasteiger partial charge in [0.15, 0.2) is 0 Å². The molecule has 2 aliphatic carbocycles. The van der Waals surface area contributed by atoms with Crippen LogP contribution in [-0.2, 0) is 16.1 Å². The highest BCUT2D eigenvalue weighted by Crippen LogP contribution is 2.46. The summed E-state index contributed by atoms with van der Waals surface area (Å²) in [6, 6.07) is 2.62. The minimum Gasteiger partial charge on any atom is -0.411 e. The Kier molecular flexibility index (Phi) is 7.97. The van der Waals surface area contributed by atoms with E-state index in [0.29, 0.717) is 23.1 Å². The summed E-state index contributed by atoms with van der Waals surface area (Å²) in [4.78, 5) is 41.1. The number of H-pyrrole nitrogens is 1. The van der Waals surface area contributed by atoms with Gasteiger partial charge in [-0.1, -0.05) is 56.7 Å². The molecule has 0 radical (unpaired) electrons. The van der Waals surface area contributed by atoms with Crippen molar-refractivity contribution in [3.05, 3.63) is 46.6 Å². The Bertz CT molecular complexity index is 1180. The summed E-state index contributed by atoms with van der Waals surface area (Å²) < 4.78 is 1.56. The van der Waals surface area contributed by atoms with Gasteiger partial charge in [-0.05, 0) is 30.2 Å². The molecule has 0 saturated heterocycles. The zero-order valence-electron chi connectivity index (χ0n) is 20.4. The SMILES string of the molecule is CC/C(=N/O)C(=N)C(=O)N[C@H](C(=O)Nc1cnn(Cc2ccc[nH]c2=O)c1)C(C1CCC1)C1CCC1. The van der Waals surface area contributed by atoms with E-state index in [1.165, 1.54) is 6.20 Å². The maximum Gasteiger partial charge on any atom is 0.271 e. The highest BCUT2D eigenvalue weighted by Gasteiger charge is 2.44. The number of hydrogen-bond acceptors (Lipinski definition) is 7. The van der Waals surface area contributed by atoms with E-state index < -0.39 is 17.7 Å². The Hall–Kier alpha value is -3.76. The first-order chi connectivity index (χ1) is 17.4. The summed E-state index contributed by atoms with van der Waals surface area (Å²) in [5.74, 6) is -0.447. The standard InChI is InChI=1S/C25H33N7O4/c1-2-19(31-36)21(26)24(34)30-22(20(15-6-3-7-15)16-8-4-9-16)25(35)29-18-12-28-32(14-18)13-17-10-5-11-27-23(17)33/h5,10-12,14-16,20,22,26,36H,2-4,6-9,13H2,1H3,(H,27,33)(H,29,35)(H,30,34)/b26-21?,31-19-/t22-/m0/s1. The molecule has 4 rings (SSSR count). The molecule has 2 aromatic rings. The maximum atomic E-state index is 13.6. The molecule has 0 aliphatic heterocycles. The number of aromatic amines is 1. The molecule has 1 atom stereocenters. The van der Waals surface area contributed by atoms with Crippen LogP contribution in [0.5, 0.6) is 0 Å². The fourth-order valence-corrected chi connectivity index (χ4v) is 5.05. The molecule has 0 spiro atoms. The number of rotatable bonds is 11. The van der Waals surface area contributed by atoms with Gasteiger partial charge in [-0.2, -0.15) is 5.10 Å². The first-order valence-electron chi connectivity index (χ1n) is 12.5. The molecule has 192 valence electrons. The molecule has 0 bridgehead atoms. The maximum absolute atomic E-state index is 13.6. The molecule has 2 heterocycles. The molecule has 2 aromatic heterocycles. The van der Waals surface area contributed by atoms with Crippen LogP contribution in [0.1, 0.15) is 57.4 Å². The van der Waals surface area contributed by atoms with Gasteiger partial charge in [0.2, 0.25) is 5.91 Å². The quantitative estimate of drug-likeness (QED) is 0.183. The summed E-state index contributed by atoms with van der Waals surface area (Å²) in [7, 11) is 0. The second-order valence-corrected chi connectivity index (χ2v) is 9.63. The van der Waals surface area contributed by atoms with Crippen LogP contribution in [0.2, 0.25) is 0 Å². The number of carbonyl (C=O) groups is 2. The topological polar surface area (TPSA) is 165 Å². The van der Waals surface area contributed by atoms with E-state index in [0.717, 1.165) is 38.5 Å². The molecule has 2 aliphatic rings. The first-order valence-corrected chi connectivity index (χ1v) is 12.5. The minimum atomic E-state index is -0.828. The summed E-state index contributed by atoms with van der Waals surface area (Å²) in [5.41, 5.74) is 0.307. The Morgan fingerprint density at radius 1 is 1.28 bits per heavy atom. The average molecular weight is 496 g/mol. The van der Waals surface area contributed by atoms with Crippen molar-refractivity contribution in [1.29, 1.82) is 5.41 Å². The van der Waals surface area contributed by atoms with Crippen LogP contribution in [0, 0.1) is 23.2 Å². The molecule has 11 nitrogen and oxygen atoms in total. The molecular formula is C25H33N7O4. The number of amides is 2. The average Bonchev–Trinajstić information content (AvgIpc) is 3.23. The van der Waals surface area contributed by atoms with Crippen LogP contribution in [-0.4, -0.2) is 49.3 Å². The van der Waals surface area contributed by atoms with E-state index in [1.54, 1.807) is 36.1 Å². The van der Waals surface area contributed by atoms with Gasteiger partial charge in [-0.15, -0.1) is 0 Å². The third kappa shape index (κ3) is 5.55. The van der Waals surface area contributed by atoms with Crippen molar-refractivity contribution in [3.63, 3.8) is 0 Å². The van der Waals surface area contributed by atoms with Crippen molar-refractivity contribution < 1.29 is 14.8 Å².